The van der Waals surface area contributed by atoms with Gasteiger partial charge in [-0.1, -0.05) is 55.4 Å². The van der Waals surface area contributed by atoms with E-state index in [2.05, 4.69) is 49.3 Å². The third kappa shape index (κ3) is 3.38. The average Bonchev–Trinajstić information content (AvgIpc) is 2.12. The first-order valence-electron chi connectivity index (χ1n) is 4.99. The summed E-state index contributed by atoms with van der Waals surface area (Å²) >= 11 is 3.45. The molecular formula is C13H17BrO. The minimum atomic E-state index is 0.0944. The molecule has 0 bridgehead atoms. The molecule has 0 unspecified atom stereocenters. The zero-order chi connectivity index (χ0) is 11.5. The van der Waals surface area contributed by atoms with Gasteiger partial charge in [-0.3, -0.25) is 0 Å². The first-order chi connectivity index (χ1) is 6.95. The van der Waals surface area contributed by atoms with Gasteiger partial charge < -0.3 is 4.74 Å². The van der Waals surface area contributed by atoms with Crippen LogP contribution in [0.5, 0.6) is 5.75 Å². The molecule has 0 heterocycles. The van der Waals surface area contributed by atoms with E-state index in [0.717, 1.165) is 10.2 Å². The molecule has 1 aromatic carbocycles. The standard InChI is InChI=1S/C13H17BrO/c1-5-8-15-12-9-10(14)6-7-11(12)13(2,3)4/h5-7,9H,1,8H2,2-4H3. The predicted molar refractivity (Wildman–Crippen MR) is 68.5 cm³/mol. The molecule has 82 valence electrons. The summed E-state index contributed by atoms with van der Waals surface area (Å²) in [5, 5.41) is 0. The first-order valence-corrected chi connectivity index (χ1v) is 5.78. The Kier molecular flexibility index (Phi) is 3.97. The number of ether oxygens (including phenoxy) is 1. The summed E-state index contributed by atoms with van der Waals surface area (Å²) in [5.74, 6) is 0.928. The Hall–Kier alpha value is -0.760. The highest BCUT2D eigenvalue weighted by Gasteiger charge is 2.18. The van der Waals surface area contributed by atoms with Gasteiger partial charge in [0.15, 0.2) is 0 Å². The Labute approximate surface area is 100 Å². The largest absolute Gasteiger partial charge is 0.489 e. The summed E-state index contributed by atoms with van der Waals surface area (Å²) in [7, 11) is 0. The monoisotopic (exact) mass is 268 g/mol. The lowest BCUT2D eigenvalue weighted by Crippen LogP contribution is -2.13. The fourth-order valence-corrected chi connectivity index (χ4v) is 1.72. The van der Waals surface area contributed by atoms with Gasteiger partial charge in [0.25, 0.3) is 0 Å². The molecule has 1 rings (SSSR count). The number of hydrogen-bond donors (Lipinski definition) is 0. The van der Waals surface area contributed by atoms with Gasteiger partial charge in [0.2, 0.25) is 0 Å². The molecule has 0 aliphatic carbocycles. The van der Waals surface area contributed by atoms with E-state index in [4.69, 9.17) is 4.74 Å². The summed E-state index contributed by atoms with van der Waals surface area (Å²) in [6, 6.07) is 6.15. The zero-order valence-corrected chi connectivity index (χ0v) is 11.1. The molecule has 0 aromatic heterocycles. The van der Waals surface area contributed by atoms with Crippen molar-refractivity contribution in [3.63, 3.8) is 0 Å². The lowest BCUT2D eigenvalue weighted by atomic mass is 9.86. The Balaban J connectivity index is 3.08. The fraction of sp³-hybridized carbons (Fsp3) is 0.385. The summed E-state index contributed by atoms with van der Waals surface area (Å²) in [4.78, 5) is 0. The van der Waals surface area contributed by atoms with Gasteiger partial charge in [0.1, 0.15) is 12.4 Å². The molecule has 1 nitrogen and oxygen atoms in total. The van der Waals surface area contributed by atoms with Crippen molar-refractivity contribution in [3.8, 4) is 5.75 Å². The van der Waals surface area contributed by atoms with Crippen LogP contribution in [-0.2, 0) is 5.41 Å². The van der Waals surface area contributed by atoms with E-state index in [0.29, 0.717) is 6.61 Å². The Morgan fingerprint density at radius 3 is 2.60 bits per heavy atom. The van der Waals surface area contributed by atoms with Crippen molar-refractivity contribution in [1.82, 2.24) is 0 Å². The Bertz CT molecular complexity index is 350. The van der Waals surface area contributed by atoms with Gasteiger partial charge >= 0.3 is 0 Å². The molecule has 0 N–H and O–H groups in total. The van der Waals surface area contributed by atoms with E-state index in [-0.39, 0.29) is 5.41 Å². The van der Waals surface area contributed by atoms with E-state index in [1.165, 1.54) is 5.56 Å². The molecule has 0 radical (unpaired) electrons. The molecular weight excluding hydrogens is 252 g/mol. The highest BCUT2D eigenvalue weighted by atomic mass is 79.9. The summed E-state index contributed by atoms with van der Waals surface area (Å²) in [6.45, 7) is 10.7. The van der Waals surface area contributed by atoms with Crippen molar-refractivity contribution in [2.45, 2.75) is 26.2 Å². The second-order valence-electron chi connectivity index (χ2n) is 4.49. The zero-order valence-electron chi connectivity index (χ0n) is 9.51. The van der Waals surface area contributed by atoms with Crippen LogP contribution in [0.25, 0.3) is 0 Å². The SMILES string of the molecule is C=CCOc1cc(Br)ccc1C(C)(C)C. The average molecular weight is 269 g/mol. The van der Waals surface area contributed by atoms with Crippen LogP contribution < -0.4 is 4.74 Å². The minimum absolute atomic E-state index is 0.0944. The molecule has 0 spiro atoms. The van der Waals surface area contributed by atoms with Crippen LogP contribution in [0.4, 0.5) is 0 Å². The normalized spacial score (nSPS) is 11.2. The minimum Gasteiger partial charge on any atom is -0.489 e. The van der Waals surface area contributed by atoms with E-state index < -0.39 is 0 Å². The molecule has 1 aromatic rings. The second-order valence-corrected chi connectivity index (χ2v) is 5.41. The molecule has 0 aliphatic heterocycles. The third-order valence-corrected chi connectivity index (χ3v) is 2.60. The Morgan fingerprint density at radius 1 is 1.40 bits per heavy atom. The number of halogens is 1. The van der Waals surface area contributed by atoms with Crippen molar-refractivity contribution in [1.29, 1.82) is 0 Å². The van der Waals surface area contributed by atoms with Crippen molar-refractivity contribution >= 4 is 15.9 Å². The molecule has 0 saturated heterocycles. The van der Waals surface area contributed by atoms with Crippen molar-refractivity contribution in [3.05, 3.63) is 40.9 Å². The summed E-state index contributed by atoms with van der Waals surface area (Å²) in [6.07, 6.45) is 1.76. The van der Waals surface area contributed by atoms with Gasteiger partial charge in [-0.15, -0.1) is 0 Å². The maximum atomic E-state index is 5.65. The lowest BCUT2D eigenvalue weighted by Gasteiger charge is -2.22. The van der Waals surface area contributed by atoms with E-state index in [1.807, 2.05) is 12.1 Å². The molecule has 2 heteroatoms. The predicted octanol–water partition coefficient (Wildman–Crippen LogP) is 4.31. The maximum absolute atomic E-state index is 5.65. The van der Waals surface area contributed by atoms with E-state index in [1.54, 1.807) is 6.08 Å². The summed E-state index contributed by atoms with van der Waals surface area (Å²) < 4.78 is 6.68. The smallest absolute Gasteiger partial charge is 0.124 e. The second kappa shape index (κ2) is 4.84. The van der Waals surface area contributed by atoms with Gasteiger partial charge in [0.05, 0.1) is 0 Å². The molecule has 0 fully saturated rings. The number of benzene rings is 1. The van der Waals surface area contributed by atoms with Gasteiger partial charge in [-0.25, -0.2) is 0 Å². The van der Waals surface area contributed by atoms with Crippen molar-refractivity contribution in [2.75, 3.05) is 6.61 Å². The van der Waals surface area contributed by atoms with Crippen LogP contribution in [0, 0.1) is 0 Å². The summed E-state index contributed by atoms with van der Waals surface area (Å²) in [5.41, 5.74) is 1.31. The highest BCUT2D eigenvalue weighted by molar-refractivity contribution is 9.10. The van der Waals surface area contributed by atoms with Crippen molar-refractivity contribution in [2.24, 2.45) is 0 Å². The number of hydrogen-bond acceptors (Lipinski definition) is 1. The van der Waals surface area contributed by atoms with Gasteiger partial charge in [-0.2, -0.15) is 0 Å². The van der Waals surface area contributed by atoms with Crippen LogP contribution in [0.15, 0.2) is 35.3 Å². The third-order valence-electron chi connectivity index (χ3n) is 2.11. The fourth-order valence-electron chi connectivity index (χ4n) is 1.38. The Morgan fingerprint density at radius 2 is 2.07 bits per heavy atom. The van der Waals surface area contributed by atoms with Crippen LogP contribution in [0.2, 0.25) is 0 Å². The van der Waals surface area contributed by atoms with Crippen LogP contribution in [-0.4, -0.2) is 6.61 Å². The van der Waals surface area contributed by atoms with Crippen molar-refractivity contribution < 1.29 is 4.74 Å². The highest BCUT2D eigenvalue weighted by Crippen LogP contribution is 2.33. The molecule has 0 saturated carbocycles. The van der Waals surface area contributed by atoms with Gasteiger partial charge in [0, 0.05) is 4.47 Å². The quantitative estimate of drug-likeness (QED) is 0.743. The van der Waals surface area contributed by atoms with Crippen LogP contribution >= 0.6 is 15.9 Å². The molecule has 15 heavy (non-hydrogen) atoms. The molecule has 0 aliphatic rings. The van der Waals surface area contributed by atoms with E-state index >= 15 is 0 Å². The molecule has 0 atom stereocenters. The van der Waals surface area contributed by atoms with Crippen LogP contribution in [0.1, 0.15) is 26.3 Å². The first kappa shape index (κ1) is 12.3. The van der Waals surface area contributed by atoms with E-state index in [9.17, 15) is 0 Å². The maximum Gasteiger partial charge on any atom is 0.124 e. The number of rotatable bonds is 3. The topological polar surface area (TPSA) is 9.23 Å². The van der Waals surface area contributed by atoms with Crippen LogP contribution in [0.3, 0.4) is 0 Å². The van der Waals surface area contributed by atoms with Gasteiger partial charge in [-0.05, 0) is 23.1 Å². The lowest BCUT2D eigenvalue weighted by molar-refractivity contribution is 0.351. The molecule has 0 amide bonds.